The number of nitrogens with one attached hydrogen (secondary N) is 1. The van der Waals surface area contributed by atoms with Crippen molar-refractivity contribution in [2.24, 2.45) is 0 Å². The van der Waals surface area contributed by atoms with Crippen LogP contribution < -0.4 is 0 Å². The van der Waals surface area contributed by atoms with Gasteiger partial charge < -0.3 is 10.0 Å². The number of likely N-dealkylation sites (N-methyl/N-ethyl adjacent to an activating group) is 1. The third kappa shape index (κ3) is 2.09. The van der Waals surface area contributed by atoms with E-state index in [0.29, 0.717) is 5.56 Å². The Morgan fingerprint density at radius 1 is 1.56 bits per heavy atom. The Kier molecular flexibility index (Phi) is 3.24. The number of rotatable bonds is 2. The van der Waals surface area contributed by atoms with E-state index < -0.39 is 6.10 Å². The van der Waals surface area contributed by atoms with Gasteiger partial charge in [0.15, 0.2) is 0 Å². The zero-order valence-corrected chi connectivity index (χ0v) is 9.39. The highest BCUT2D eigenvalue weighted by Crippen LogP contribution is 2.23. The normalized spacial score (nSPS) is 25.4. The number of aliphatic hydroxyl groups is 1. The van der Waals surface area contributed by atoms with Crippen LogP contribution in [0.1, 0.15) is 36.0 Å². The van der Waals surface area contributed by atoms with Gasteiger partial charge in [-0.05, 0) is 12.8 Å². The molecule has 0 radical (unpaired) electrons. The fraction of sp³-hybridized carbons (Fsp3) is 0.636. The van der Waals surface area contributed by atoms with Crippen molar-refractivity contribution in [3.05, 3.63) is 18.0 Å². The van der Waals surface area contributed by atoms with E-state index in [1.54, 1.807) is 18.1 Å². The third-order valence-corrected chi connectivity index (χ3v) is 3.26. The number of carbonyl (C=O) groups excluding carboxylic acids is 1. The topological polar surface area (TPSA) is 69.2 Å². The smallest absolute Gasteiger partial charge is 0.257 e. The fourth-order valence-corrected chi connectivity index (χ4v) is 2.27. The molecule has 0 saturated heterocycles. The molecule has 0 bridgehead atoms. The van der Waals surface area contributed by atoms with Gasteiger partial charge in [0, 0.05) is 13.2 Å². The van der Waals surface area contributed by atoms with Gasteiger partial charge in [-0.25, -0.2) is 0 Å². The number of hydrogen-bond donors (Lipinski definition) is 2. The first-order valence-corrected chi connectivity index (χ1v) is 5.64. The highest BCUT2D eigenvalue weighted by atomic mass is 16.3. The Balaban J connectivity index is 2.06. The lowest BCUT2D eigenvalue weighted by Crippen LogP contribution is -2.46. The van der Waals surface area contributed by atoms with E-state index in [2.05, 4.69) is 10.2 Å². The molecule has 2 N–H and O–H groups in total. The molecule has 0 aliphatic heterocycles. The predicted molar refractivity (Wildman–Crippen MR) is 58.9 cm³/mol. The average Bonchev–Trinajstić information content (AvgIpc) is 2.81. The highest BCUT2D eigenvalue weighted by molar-refractivity contribution is 5.93. The number of aliphatic hydroxyl groups excluding tert-OH is 1. The molecule has 1 fully saturated rings. The van der Waals surface area contributed by atoms with Crippen LogP contribution in [-0.4, -0.2) is 45.3 Å². The van der Waals surface area contributed by atoms with Crippen molar-refractivity contribution in [1.82, 2.24) is 15.1 Å². The minimum atomic E-state index is -0.394. The number of nitrogens with zero attached hydrogens (tertiary/aromatic N) is 2. The summed E-state index contributed by atoms with van der Waals surface area (Å²) in [5.41, 5.74) is 0.542. The van der Waals surface area contributed by atoms with Gasteiger partial charge in [0.1, 0.15) is 0 Å². The summed E-state index contributed by atoms with van der Waals surface area (Å²) in [5, 5.41) is 16.2. The Labute approximate surface area is 94.5 Å². The molecule has 0 aromatic carbocycles. The zero-order valence-electron chi connectivity index (χ0n) is 9.39. The summed E-state index contributed by atoms with van der Waals surface area (Å²) >= 11 is 0. The molecule has 2 unspecified atom stereocenters. The quantitative estimate of drug-likeness (QED) is 0.778. The fourth-order valence-electron chi connectivity index (χ4n) is 2.27. The lowest BCUT2D eigenvalue weighted by Gasteiger charge is -2.34. The van der Waals surface area contributed by atoms with Crippen LogP contribution in [0.3, 0.4) is 0 Å². The van der Waals surface area contributed by atoms with Crippen molar-refractivity contribution in [3.63, 3.8) is 0 Å². The number of amides is 1. The number of hydrogen-bond acceptors (Lipinski definition) is 3. The molecule has 1 saturated carbocycles. The summed E-state index contributed by atoms with van der Waals surface area (Å²) < 4.78 is 0. The van der Waals surface area contributed by atoms with E-state index in [0.717, 1.165) is 25.7 Å². The minimum absolute atomic E-state index is 0.0591. The molecule has 0 spiro atoms. The van der Waals surface area contributed by atoms with Crippen molar-refractivity contribution in [2.45, 2.75) is 37.8 Å². The molecule has 1 amide bonds. The Morgan fingerprint density at radius 3 is 2.94 bits per heavy atom. The Morgan fingerprint density at radius 2 is 2.31 bits per heavy atom. The average molecular weight is 223 g/mol. The van der Waals surface area contributed by atoms with Crippen LogP contribution >= 0.6 is 0 Å². The van der Waals surface area contributed by atoms with Crippen LogP contribution in [0.5, 0.6) is 0 Å². The van der Waals surface area contributed by atoms with Gasteiger partial charge in [-0.2, -0.15) is 5.10 Å². The summed E-state index contributed by atoms with van der Waals surface area (Å²) in [6.07, 6.45) is 6.47. The molecule has 88 valence electrons. The second kappa shape index (κ2) is 4.65. The van der Waals surface area contributed by atoms with Crippen molar-refractivity contribution in [3.8, 4) is 0 Å². The van der Waals surface area contributed by atoms with Crippen molar-refractivity contribution in [1.29, 1.82) is 0 Å². The SMILES string of the molecule is CN(C(=O)c1cn[nH]c1)C1CCCCC1O. The number of carbonyl (C=O) groups is 1. The molecule has 1 aliphatic carbocycles. The van der Waals surface area contributed by atoms with E-state index in [4.69, 9.17) is 0 Å². The van der Waals surface area contributed by atoms with Gasteiger partial charge in [0.2, 0.25) is 0 Å². The summed E-state index contributed by atoms with van der Waals surface area (Å²) in [4.78, 5) is 13.6. The molecule has 5 nitrogen and oxygen atoms in total. The first-order valence-electron chi connectivity index (χ1n) is 5.64. The van der Waals surface area contributed by atoms with Crippen LogP contribution in [0.4, 0.5) is 0 Å². The lowest BCUT2D eigenvalue weighted by atomic mass is 9.91. The lowest BCUT2D eigenvalue weighted by molar-refractivity contribution is 0.0268. The number of H-pyrrole nitrogens is 1. The summed E-state index contributed by atoms with van der Waals surface area (Å²) in [7, 11) is 1.74. The van der Waals surface area contributed by atoms with Gasteiger partial charge in [-0.1, -0.05) is 12.8 Å². The van der Waals surface area contributed by atoms with Crippen molar-refractivity contribution < 1.29 is 9.90 Å². The van der Waals surface area contributed by atoms with E-state index in [9.17, 15) is 9.90 Å². The Bertz CT molecular complexity index is 350. The molecule has 16 heavy (non-hydrogen) atoms. The standard InChI is InChI=1S/C11H17N3O2/c1-14(9-4-2-3-5-10(9)15)11(16)8-6-12-13-7-8/h6-7,9-10,15H,2-5H2,1H3,(H,12,13). The number of aromatic nitrogens is 2. The molecule has 2 atom stereocenters. The van der Waals surface area contributed by atoms with Crippen LogP contribution in [0, 0.1) is 0 Å². The van der Waals surface area contributed by atoms with Gasteiger partial charge in [0.25, 0.3) is 5.91 Å². The van der Waals surface area contributed by atoms with Gasteiger partial charge in [0.05, 0.1) is 23.9 Å². The molecule has 1 aromatic rings. The molecule has 5 heteroatoms. The predicted octanol–water partition coefficient (Wildman–Crippen LogP) is 0.785. The van der Waals surface area contributed by atoms with Crippen molar-refractivity contribution >= 4 is 5.91 Å². The van der Waals surface area contributed by atoms with Gasteiger partial charge in [-0.15, -0.1) is 0 Å². The second-order valence-corrected chi connectivity index (χ2v) is 4.32. The Hall–Kier alpha value is -1.36. The van der Waals surface area contributed by atoms with Gasteiger partial charge in [-0.3, -0.25) is 9.89 Å². The molecule has 1 aromatic heterocycles. The highest BCUT2D eigenvalue weighted by Gasteiger charge is 2.29. The number of aromatic amines is 1. The van der Waals surface area contributed by atoms with Crippen LogP contribution in [0.15, 0.2) is 12.4 Å². The van der Waals surface area contributed by atoms with E-state index in [1.165, 1.54) is 6.20 Å². The van der Waals surface area contributed by atoms with Crippen LogP contribution in [0.2, 0.25) is 0 Å². The maximum Gasteiger partial charge on any atom is 0.257 e. The maximum atomic E-state index is 12.0. The monoisotopic (exact) mass is 223 g/mol. The molecular weight excluding hydrogens is 206 g/mol. The first-order chi connectivity index (χ1) is 7.70. The van der Waals surface area contributed by atoms with E-state index in [1.807, 2.05) is 0 Å². The first kappa shape index (κ1) is 11.1. The van der Waals surface area contributed by atoms with E-state index >= 15 is 0 Å². The van der Waals surface area contributed by atoms with Crippen molar-refractivity contribution in [2.75, 3.05) is 7.05 Å². The van der Waals surface area contributed by atoms with E-state index in [-0.39, 0.29) is 11.9 Å². The third-order valence-electron chi connectivity index (χ3n) is 3.26. The molecule has 1 heterocycles. The molecule has 2 rings (SSSR count). The molecule has 1 aliphatic rings. The summed E-state index contributed by atoms with van der Waals surface area (Å²) in [6, 6.07) is -0.0591. The van der Waals surface area contributed by atoms with Crippen LogP contribution in [-0.2, 0) is 0 Å². The maximum absolute atomic E-state index is 12.0. The minimum Gasteiger partial charge on any atom is -0.391 e. The second-order valence-electron chi connectivity index (χ2n) is 4.32. The molecular formula is C11H17N3O2. The van der Waals surface area contributed by atoms with Crippen LogP contribution in [0.25, 0.3) is 0 Å². The summed E-state index contributed by atoms with van der Waals surface area (Å²) in [6.45, 7) is 0. The van der Waals surface area contributed by atoms with Gasteiger partial charge >= 0.3 is 0 Å². The zero-order chi connectivity index (χ0) is 11.5. The summed E-state index contributed by atoms with van der Waals surface area (Å²) in [5.74, 6) is -0.0836. The largest absolute Gasteiger partial charge is 0.391 e.